The van der Waals surface area contributed by atoms with Crippen molar-refractivity contribution in [3.05, 3.63) is 82.3 Å². The molecule has 0 fully saturated rings. The van der Waals surface area contributed by atoms with Gasteiger partial charge >= 0.3 is 0 Å². The number of carbonyl (C=O) groups is 1. The molecule has 1 N–H and O–H groups in total. The maximum Gasteiger partial charge on any atom is 0.266 e. The van der Waals surface area contributed by atoms with Gasteiger partial charge in [0.15, 0.2) is 5.78 Å². The van der Waals surface area contributed by atoms with Gasteiger partial charge in [-0.05, 0) is 31.5 Å². The molecule has 1 heterocycles. The van der Waals surface area contributed by atoms with E-state index in [1.165, 1.54) is 11.5 Å². The normalized spacial score (nSPS) is 10.6. The van der Waals surface area contributed by atoms with E-state index in [1.807, 2.05) is 24.3 Å². The Kier molecular flexibility index (Phi) is 4.04. The highest BCUT2D eigenvalue weighted by atomic mass is 16.3. The van der Waals surface area contributed by atoms with E-state index < -0.39 is 0 Å². The van der Waals surface area contributed by atoms with E-state index in [4.69, 9.17) is 0 Å². The molecule has 0 amide bonds. The molecule has 0 radical (unpaired) electrons. The van der Waals surface area contributed by atoms with E-state index in [0.717, 1.165) is 0 Å². The number of hydrogen-bond acceptors (Lipinski definition) is 3. The van der Waals surface area contributed by atoms with Gasteiger partial charge in [-0.25, -0.2) is 0 Å². The van der Waals surface area contributed by atoms with E-state index in [-0.39, 0.29) is 28.2 Å². The lowest BCUT2D eigenvalue weighted by molar-refractivity contribution is 0.101. The summed E-state index contributed by atoms with van der Waals surface area (Å²) >= 11 is 0. The van der Waals surface area contributed by atoms with Gasteiger partial charge in [0.25, 0.3) is 5.56 Å². The Hall–Kier alpha value is -3.14. The van der Waals surface area contributed by atoms with Gasteiger partial charge in [0, 0.05) is 11.4 Å². The lowest BCUT2D eigenvalue weighted by Gasteiger charge is -2.17. The first kappa shape index (κ1) is 15.7. The quantitative estimate of drug-likeness (QED) is 0.749. The molecule has 0 bridgehead atoms. The Morgan fingerprint density at radius 1 is 0.958 bits per heavy atom. The van der Waals surface area contributed by atoms with Crippen LogP contribution < -0.4 is 5.56 Å². The zero-order valence-electron chi connectivity index (χ0n) is 13.5. The minimum atomic E-state index is -0.354. The molecule has 0 aliphatic heterocycles. The number of pyridine rings is 1. The summed E-state index contributed by atoms with van der Waals surface area (Å²) < 4.78 is 1.47. The fourth-order valence-electron chi connectivity index (χ4n) is 2.95. The van der Waals surface area contributed by atoms with Crippen molar-refractivity contribution in [2.45, 2.75) is 13.8 Å². The molecule has 0 aliphatic rings. The van der Waals surface area contributed by atoms with E-state index in [2.05, 4.69) is 0 Å². The summed E-state index contributed by atoms with van der Waals surface area (Å²) in [6, 6.07) is 18.0. The smallest absolute Gasteiger partial charge is 0.266 e. The van der Waals surface area contributed by atoms with Gasteiger partial charge in [-0.2, -0.15) is 0 Å². The molecule has 0 spiro atoms. The third-order valence-electron chi connectivity index (χ3n) is 4.02. The van der Waals surface area contributed by atoms with Gasteiger partial charge < -0.3 is 5.11 Å². The largest absolute Gasteiger partial charge is 0.506 e. The molecule has 120 valence electrons. The van der Waals surface area contributed by atoms with Gasteiger partial charge in [-0.1, -0.05) is 48.5 Å². The number of aromatic hydroxyl groups is 1. The first-order valence-electron chi connectivity index (χ1n) is 7.62. The maximum absolute atomic E-state index is 13.1. The SMILES string of the molecule is CC(=O)c1c(O)c(-c2ccccc2)c(=O)n(-c2ccccc2)c1C. The van der Waals surface area contributed by atoms with Crippen LogP contribution in [0.4, 0.5) is 0 Å². The molecule has 24 heavy (non-hydrogen) atoms. The Morgan fingerprint density at radius 3 is 2.04 bits per heavy atom. The van der Waals surface area contributed by atoms with Gasteiger partial charge in [-0.15, -0.1) is 0 Å². The van der Waals surface area contributed by atoms with Crippen LogP contribution in [0.5, 0.6) is 5.75 Å². The summed E-state index contributed by atoms with van der Waals surface area (Å²) in [4.78, 5) is 25.2. The highest BCUT2D eigenvalue weighted by molar-refractivity contribution is 6.00. The molecule has 0 saturated heterocycles. The van der Waals surface area contributed by atoms with Crippen molar-refractivity contribution >= 4 is 5.78 Å². The van der Waals surface area contributed by atoms with Crippen molar-refractivity contribution in [2.75, 3.05) is 0 Å². The summed E-state index contributed by atoms with van der Waals surface area (Å²) in [5.41, 5.74) is 1.60. The Bertz CT molecular complexity index is 888. The molecular formula is C20H17NO3. The van der Waals surface area contributed by atoms with Crippen LogP contribution in [0.1, 0.15) is 23.0 Å². The third kappa shape index (κ3) is 2.52. The van der Waals surface area contributed by atoms with Crippen molar-refractivity contribution < 1.29 is 9.90 Å². The zero-order valence-corrected chi connectivity index (χ0v) is 13.5. The molecular weight excluding hydrogens is 302 g/mol. The van der Waals surface area contributed by atoms with Crippen LogP contribution in [0.15, 0.2) is 65.5 Å². The lowest BCUT2D eigenvalue weighted by atomic mass is 9.99. The number of nitrogens with zero attached hydrogens (tertiary/aromatic N) is 1. The second-order valence-corrected chi connectivity index (χ2v) is 5.58. The predicted octanol–water partition coefficient (Wildman–Crippen LogP) is 3.72. The van der Waals surface area contributed by atoms with Crippen LogP contribution >= 0.6 is 0 Å². The molecule has 0 atom stereocenters. The summed E-state index contributed by atoms with van der Waals surface area (Å²) in [5.74, 6) is -0.546. The van der Waals surface area contributed by atoms with Crippen LogP contribution in [0.2, 0.25) is 0 Å². The lowest BCUT2D eigenvalue weighted by Crippen LogP contribution is -2.25. The Morgan fingerprint density at radius 2 is 1.50 bits per heavy atom. The van der Waals surface area contributed by atoms with Gasteiger partial charge in [-0.3, -0.25) is 14.2 Å². The fourth-order valence-corrected chi connectivity index (χ4v) is 2.95. The Balaban J connectivity index is 2.46. The Labute approximate surface area is 139 Å². The monoisotopic (exact) mass is 319 g/mol. The molecule has 1 aromatic heterocycles. The van der Waals surface area contributed by atoms with Crippen LogP contribution in [0.25, 0.3) is 16.8 Å². The standard InChI is InChI=1S/C20H17NO3/c1-13-17(14(2)22)19(23)18(15-9-5-3-6-10-15)20(24)21(13)16-11-7-4-8-12-16/h3-12,23H,1-2H3. The van der Waals surface area contributed by atoms with Crippen LogP contribution in [0, 0.1) is 6.92 Å². The van der Waals surface area contributed by atoms with E-state index in [0.29, 0.717) is 16.9 Å². The molecule has 3 rings (SSSR count). The summed E-state index contributed by atoms with van der Waals surface area (Å²) in [6.07, 6.45) is 0. The number of ketones is 1. The van der Waals surface area contributed by atoms with Crippen molar-refractivity contribution in [3.63, 3.8) is 0 Å². The average Bonchev–Trinajstić information content (AvgIpc) is 2.56. The van der Waals surface area contributed by atoms with Crippen LogP contribution in [-0.2, 0) is 0 Å². The van der Waals surface area contributed by atoms with Crippen molar-refractivity contribution in [3.8, 4) is 22.6 Å². The van der Waals surface area contributed by atoms with Crippen molar-refractivity contribution in [2.24, 2.45) is 0 Å². The van der Waals surface area contributed by atoms with E-state index in [9.17, 15) is 14.7 Å². The summed E-state index contributed by atoms with van der Waals surface area (Å²) in [5, 5.41) is 10.6. The number of benzene rings is 2. The van der Waals surface area contributed by atoms with Crippen molar-refractivity contribution in [1.29, 1.82) is 0 Å². The molecule has 0 aliphatic carbocycles. The van der Waals surface area contributed by atoms with Crippen molar-refractivity contribution in [1.82, 2.24) is 4.57 Å². The summed E-state index contributed by atoms with van der Waals surface area (Å²) in [7, 11) is 0. The van der Waals surface area contributed by atoms with E-state index in [1.54, 1.807) is 43.3 Å². The van der Waals surface area contributed by atoms with Gasteiger partial charge in [0.05, 0.1) is 11.1 Å². The highest BCUT2D eigenvalue weighted by Crippen LogP contribution is 2.32. The van der Waals surface area contributed by atoms with E-state index >= 15 is 0 Å². The second kappa shape index (κ2) is 6.16. The molecule has 4 nitrogen and oxygen atoms in total. The van der Waals surface area contributed by atoms with Gasteiger partial charge in [0.1, 0.15) is 5.75 Å². The molecule has 0 unspecified atom stereocenters. The maximum atomic E-state index is 13.1. The number of carbonyl (C=O) groups excluding carboxylic acids is 1. The second-order valence-electron chi connectivity index (χ2n) is 5.58. The number of hydrogen-bond donors (Lipinski definition) is 1. The average molecular weight is 319 g/mol. The number of rotatable bonds is 3. The third-order valence-corrected chi connectivity index (χ3v) is 4.02. The highest BCUT2D eigenvalue weighted by Gasteiger charge is 2.23. The minimum absolute atomic E-state index is 0.134. The summed E-state index contributed by atoms with van der Waals surface area (Å²) in [6.45, 7) is 3.05. The van der Waals surface area contributed by atoms with Crippen LogP contribution in [0.3, 0.4) is 0 Å². The van der Waals surface area contributed by atoms with Crippen LogP contribution in [-0.4, -0.2) is 15.5 Å². The number of aromatic nitrogens is 1. The first-order valence-corrected chi connectivity index (χ1v) is 7.62. The number of para-hydroxylation sites is 1. The zero-order chi connectivity index (χ0) is 17.3. The predicted molar refractivity (Wildman–Crippen MR) is 93.9 cm³/mol. The minimum Gasteiger partial charge on any atom is -0.506 e. The molecule has 0 saturated carbocycles. The van der Waals surface area contributed by atoms with Gasteiger partial charge in [0.2, 0.25) is 0 Å². The molecule has 3 aromatic rings. The first-order chi connectivity index (χ1) is 11.5. The fraction of sp³-hybridized carbons (Fsp3) is 0.100. The molecule has 2 aromatic carbocycles. The topological polar surface area (TPSA) is 59.3 Å². The number of Topliss-reactive ketones (excluding diaryl/α,β-unsaturated/α-hetero) is 1. The molecule has 4 heteroatoms.